The van der Waals surface area contributed by atoms with Gasteiger partial charge in [-0.25, -0.2) is 4.39 Å². The fourth-order valence-corrected chi connectivity index (χ4v) is 4.87. The summed E-state index contributed by atoms with van der Waals surface area (Å²) in [5.41, 5.74) is 9.51. The van der Waals surface area contributed by atoms with Crippen LogP contribution in [0.1, 0.15) is 33.9 Å². The third kappa shape index (κ3) is 4.96. The maximum Gasteiger partial charge on any atom is 0.171 e. The van der Waals surface area contributed by atoms with E-state index in [2.05, 4.69) is 84.0 Å². The predicted molar refractivity (Wildman–Crippen MR) is 141 cm³/mol. The van der Waals surface area contributed by atoms with Crippen molar-refractivity contribution in [3.05, 3.63) is 123 Å². The van der Waals surface area contributed by atoms with E-state index in [1.54, 1.807) is 0 Å². The topological polar surface area (TPSA) is 27.3 Å². The second-order valence-electron chi connectivity index (χ2n) is 9.19. The molecule has 3 aromatic carbocycles. The molecule has 0 bridgehead atoms. The van der Waals surface area contributed by atoms with Crippen molar-refractivity contribution in [2.45, 2.75) is 26.4 Å². The number of halogens is 1. The molecule has 0 radical (unpaired) electrons. The quantitative estimate of drug-likeness (QED) is 0.471. The van der Waals surface area contributed by atoms with Crippen LogP contribution in [0, 0.1) is 19.7 Å². The Balaban J connectivity index is 1.56. The highest BCUT2D eigenvalue weighted by Crippen LogP contribution is 2.35. The molecule has 1 unspecified atom stereocenters. The van der Waals surface area contributed by atoms with E-state index in [9.17, 15) is 4.39 Å². The summed E-state index contributed by atoms with van der Waals surface area (Å²) in [6.45, 7) is 6.51. The Morgan fingerprint density at radius 3 is 2.24 bits per heavy atom. The molecule has 0 saturated heterocycles. The summed E-state index contributed by atoms with van der Waals surface area (Å²) in [7, 11) is 0. The van der Waals surface area contributed by atoms with Crippen LogP contribution in [0.3, 0.4) is 0 Å². The van der Waals surface area contributed by atoms with Gasteiger partial charge in [-0.15, -0.1) is 0 Å². The Bertz CT molecular complexity index is 1260. The third-order valence-corrected chi connectivity index (χ3v) is 6.66. The molecule has 0 fully saturated rings. The Morgan fingerprint density at radius 1 is 0.912 bits per heavy atom. The first-order valence-corrected chi connectivity index (χ1v) is 12.0. The standard InChI is InChI=1S/C29H28FN3S/c1-19-3-7-21(8-4-19)15-24-17-33(16-22-9-13-25(30)14-10-22)18-26-27(31-29(34)32-28(24)26)23-11-5-20(2)6-12-23/h3-15,27H,16-18H2,1-2H3,(H2,31,32,34)/b24-15+. The highest BCUT2D eigenvalue weighted by Gasteiger charge is 2.33. The molecule has 3 nitrogen and oxygen atoms in total. The molecular formula is C29H28FN3S. The highest BCUT2D eigenvalue weighted by atomic mass is 32.1. The number of nitrogens with one attached hydrogen (secondary N) is 2. The van der Waals surface area contributed by atoms with Gasteiger partial charge in [0.25, 0.3) is 0 Å². The fourth-order valence-electron chi connectivity index (χ4n) is 4.65. The Labute approximate surface area is 206 Å². The third-order valence-electron chi connectivity index (χ3n) is 6.44. The monoisotopic (exact) mass is 469 g/mol. The van der Waals surface area contributed by atoms with Crippen molar-refractivity contribution in [3.8, 4) is 0 Å². The van der Waals surface area contributed by atoms with E-state index in [4.69, 9.17) is 12.2 Å². The largest absolute Gasteiger partial charge is 0.352 e. The minimum Gasteiger partial charge on any atom is -0.352 e. The lowest BCUT2D eigenvalue weighted by atomic mass is 9.88. The second-order valence-corrected chi connectivity index (χ2v) is 9.60. The van der Waals surface area contributed by atoms with Crippen molar-refractivity contribution < 1.29 is 4.39 Å². The van der Waals surface area contributed by atoms with E-state index in [1.165, 1.54) is 40.0 Å². The van der Waals surface area contributed by atoms with Gasteiger partial charge in [-0.2, -0.15) is 0 Å². The summed E-state index contributed by atoms with van der Waals surface area (Å²) in [4.78, 5) is 2.41. The first-order valence-electron chi connectivity index (χ1n) is 11.6. The summed E-state index contributed by atoms with van der Waals surface area (Å²) < 4.78 is 13.5. The van der Waals surface area contributed by atoms with Crippen molar-refractivity contribution in [2.75, 3.05) is 13.1 Å². The smallest absolute Gasteiger partial charge is 0.171 e. The average molecular weight is 470 g/mol. The molecule has 5 rings (SSSR count). The molecule has 2 heterocycles. The SMILES string of the molecule is Cc1ccc(/C=C2\CN(Cc3ccc(F)cc3)CC3=C2NC(=S)NC3c2ccc(C)cc2)cc1. The first kappa shape index (κ1) is 22.5. The van der Waals surface area contributed by atoms with Crippen molar-refractivity contribution in [1.29, 1.82) is 0 Å². The molecule has 1 atom stereocenters. The van der Waals surface area contributed by atoms with Gasteiger partial charge in [0.2, 0.25) is 0 Å². The fraction of sp³-hybridized carbons (Fsp3) is 0.207. The van der Waals surface area contributed by atoms with E-state index in [0.717, 1.165) is 36.5 Å². The summed E-state index contributed by atoms with van der Waals surface area (Å²) in [5.74, 6) is -0.207. The van der Waals surface area contributed by atoms with Crippen molar-refractivity contribution in [1.82, 2.24) is 15.5 Å². The van der Waals surface area contributed by atoms with E-state index in [0.29, 0.717) is 5.11 Å². The summed E-state index contributed by atoms with van der Waals surface area (Å²) in [5, 5.41) is 7.60. The highest BCUT2D eigenvalue weighted by molar-refractivity contribution is 7.80. The molecule has 0 aromatic heterocycles. The van der Waals surface area contributed by atoms with Gasteiger partial charge in [-0.1, -0.05) is 71.8 Å². The van der Waals surface area contributed by atoms with Crippen molar-refractivity contribution in [3.63, 3.8) is 0 Å². The predicted octanol–water partition coefficient (Wildman–Crippen LogP) is 5.81. The molecule has 172 valence electrons. The molecule has 34 heavy (non-hydrogen) atoms. The number of thiocarbonyl (C=S) groups is 1. The van der Waals surface area contributed by atoms with Crippen LogP contribution >= 0.6 is 12.2 Å². The maximum absolute atomic E-state index is 13.5. The van der Waals surface area contributed by atoms with Gasteiger partial charge in [0.05, 0.1) is 6.04 Å². The van der Waals surface area contributed by atoms with Crippen LogP contribution in [-0.4, -0.2) is 23.1 Å². The van der Waals surface area contributed by atoms with Gasteiger partial charge in [0.1, 0.15) is 5.82 Å². The number of benzene rings is 3. The average Bonchev–Trinajstić information content (AvgIpc) is 2.83. The van der Waals surface area contributed by atoms with Gasteiger partial charge >= 0.3 is 0 Å². The van der Waals surface area contributed by atoms with Crippen LogP contribution < -0.4 is 10.6 Å². The molecule has 2 N–H and O–H groups in total. The van der Waals surface area contributed by atoms with Crippen LogP contribution in [-0.2, 0) is 6.54 Å². The van der Waals surface area contributed by atoms with Crippen LogP contribution in [0.4, 0.5) is 4.39 Å². The van der Waals surface area contributed by atoms with Crippen LogP contribution in [0.5, 0.6) is 0 Å². The van der Waals surface area contributed by atoms with Gasteiger partial charge in [-0.3, -0.25) is 4.90 Å². The zero-order chi connectivity index (χ0) is 23.7. The number of nitrogens with zero attached hydrogens (tertiary/aromatic N) is 1. The number of rotatable bonds is 4. The van der Waals surface area contributed by atoms with E-state index in [1.807, 2.05) is 12.1 Å². The molecule has 2 aliphatic rings. The van der Waals surface area contributed by atoms with Gasteiger partial charge in [0, 0.05) is 25.3 Å². The molecular weight excluding hydrogens is 441 g/mol. The van der Waals surface area contributed by atoms with Gasteiger partial charge in [-0.05, 0) is 72.1 Å². The summed E-state index contributed by atoms with van der Waals surface area (Å²) >= 11 is 5.63. The van der Waals surface area contributed by atoms with Crippen molar-refractivity contribution in [2.24, 2.45) is 0 Å². The first-order chi connectivity index (χ1) is 16.4. The van der Waals surface area contributed by atoms with Gasteiger partial charge in [0.15, 0.2) is 5.11 Å². The van der Waals surface area contributed by atoms with E-state index >= 15 is 0 Å². The number of hydrogen-bond acceptors (Lipinski definition) is 2. The lowest BCUT2D eigenvalue weighted by molar-refractivity contribution is 0.292. The Hall–Kier alpha value is -3.28. The number of aryl methyl sites for hydroxylation is 2. The summed E-state index contributed by atoms with van der Waals surface area (Å²) in [6.07, 6.45) is 2.25. The zero-order valence-electron chi connectivity index (χ0n) is 19.4. The lowest BCUT2D eigenvalue weighted by Gasteiger charge is -2.40. The second kappa shape index (κ2) is 9.53. The zero-order valence-corrected chi connectivity index (χ0v) is 20.3. The lowest BCUT2D eigenvalue weighted by Crippen LogP contribution is -2.49. The summed E-state index contributed by atoms with van der Waals surface area (Å²) in [6, 6.07) is 24.0. The number of hydrogen-bond donors (Lipinski definition) is 2. The van der Waals surface area contributed by atoms with E-state index in [-0.39, 0.29) is 11.9 Å². The van der Waals surface area contributed by atoms with Crippen molar-refractivity contribution >= 4 is 23.4 Å². The molecule has 5 heteroatoms. The van der Waals surface area contributed by atoms with Gasteiger partial charge < -0.3 is 10.6 Å². The minimum absolute atomic E-state index is 0.00165. The molecule has 3 aromatic rings. The molecule has 0 saturated carbocycles. The minimum atomic E-state index is -0.207. The maximum atomic E-state index is 13.5. The molecule has 0 aliphatic carbocycles. The Kier molecular flexibility index (Phi) is 6.31. The van der Waals surface area contributed by atoms with Crippen LogP contribution in [0.15, 0.2) is 89.6 Å². The Morgan fingerprint density at radius 2 is 1.56 bits per heavy atom. The van der Waals surface area contributed by atoms with Crippen LogP contribution in [0.2, 0.25) is 0 Å². The molecule has 0 spiro atoms. The normalized spacial score (nSPS) is 19.6. The van der Waals surface area contributed by atoms with Crippen LogP contribution in [0.25, 0.3) is 6.08 Å². The van der Waals surface area contributed by atoms with E-state index < -0.39 is 0 Å². The molecule has 0 amide bonds. The molecule has 2 aliphatic heterocycles.